The van der Waals surface area contributed by atoms with Crippen LogP contribution in [0.1, 0.15) is 187 Å². The summed E-state index contributed by atoms with van der Waals surface area (Å²) in [4.78, 5) is 5.09. The van der Waals surface area contributed by atoms with Gasteiger partial charge in [-0.05, 0) is 12.8 Å². The number of hydrogen-bond donors (Lipinski definition) is 2. The zero-order chi connectivity index (χ0) is 29.6. The third-order valence-corrected chi connectivity index (χ3v) is 9.63. The van der Waals surface area contributed by atoms with Crippen molar-refractivity contribution in [2.45, 2.75) is 199 Å². The molecule has 1 saturated heterocycles. The molecule has 0 saturated carbocycles. The quantitative estimate of drug-likeness (QED) is 0.0801. The van der Waals surface area contributed by atoms with Crippen LogP contribution in [0.4, 0.5) is 0 Å². The average Bonchev–Trinajstić information content (AvgIpc) is 2.99. The van der Waals surface area contributed by atoms with Gasteiger partial charge in [-0.25, -0.2) is 0 Å². The summed E-state index contributed by atoms with van der Waals surface area (Å²) in [6, 6.07) is 0.747. The van der Waals surface area contributed by atoms with Crippen molar-refractivity contribution in [2.75, 3.05) is 39.3 Å². The third kappa shape index (κ3) is 23.9. The van der Waals surface area contributed by atoms with Gasteiger partial charge in [0.25, 0.3) is 0 Å². The molecule has 0 spiro atoms. The van der Waals surface area contributed by atoms with E-state index in [0.717, 1.165) is 32.2 Å². The molecule has 2 N–H and O–H groups in total. The van der Waals surface area contributed by atoms with Crippen LogP contribution in [0.2, 0.25) is 0 Å². The zero-order valence-electron chi connectivity index (χ0n) is 28.3. The molecule has 4 nitrogen and oxygen atoms in total. The first-order chi connectivity index (χ1) is 20.2. The second-order valence-electron chi connectivity index (χ2n) is 13.5. The summed E-state index contributed by atoms with van der Waals surface area (Å²) in [6.45, 7) is 9.40. The highest BCUT2D eigenvalue weighted by atomic mass is 16.3. The van der Waals surface area contributed by atoms with Gasteiger partial charge in [0.15, 0.2) is 0 Å². The van der Waals surface area contributed by atoms with Gasteiger partial charge in [0.1, 0.15) is 0 Å². The number of rotatable bonds is 31. The average molecular weight is 581 g/mol. The smallest absolute Gasteiger partial charge is 0.0897 e. The molecule has 1 rings (SSSR count). The summed E-state index contributed by atoms with van der Waals surface area (Å²) in [5, 5.41) is 19.0. The Labute approximate surface area is 258 Å². The molecule has 41 heavy (non-hydrogen) atoms. The molecule has 1 aliphatic heterocycles. The lowest BCUT2D eigenvalue weighted by Crippen LogP contribution is -2.52. The SMILES string of the molecule is CCCCCCCCCCCCCCCCCCCCC(CCCCCCCCC)N1CCN(CC(O)CO)CC1. The number of nitrogens with zero attached hydrogens (tertiary/aromatic N) is 2. The Morgan fingerprint density at radius 2 is 0.780 bits per heavy atom. The molecule has 2 atom stereocenters. The molecule has 0 bridgehead atoms. The van der Waals surface area contributed by atoms with Gasteiger partial charge < -0.3 is 10.2 Å². The van der Waals surface area contributed by atoms with E-state index in [1.54, 1.807) is 0 Å². The topological polar surface area (TPSA) is 46.9 Å². The lowest BCUT2D eigenvalue weighted by molar-refractivity contribution is 0.0284. The second kappa shape index (κ2) is 29.9. The van der Waals surface area contributed by atoms with Crippen molar-refractivity contribution in [3.05, 3.63) is 0 Å². The second-order valence-corrected chi connectivity index (χ2v) is 13.5. The number of hydrogen-bond acceptors (Lipinski definition) is 4. The predicted molar refractivity (Wildman–Crippen MR) is 181 cm³/mol. The Balaban J connectivity index is 2.08. The van der Waals surface area contributed by atoms with E-state index in [1.807, 2.05) is 0 Å². The van der Waals surface area contributed by atoms with Crippen molar-refractivity contribution in [1.29, 1.82) is 0 Å². The Hall–Kier alpha value is -0.160. The molecule has 1 aliphatic rings. The Bertz CT molecular complexity index is 509. The number of aliphatic hydroxyl groups is 2. The minimum absolute atomic E-state index is 0.125. The van der Waals surface area contributed by atoms with Crippen LogP contribution in [0.3, 0.4) is 0 Å². The summed E-state index contributed by atoms with van der Waals surface area (Å²) >= 11 is 0. The fourth-order valence-corrected chi connectivity index (χ4v) is 6.80. The van der Waals surface area contributed by atoms with Crippen LogP contribution in [0.15, 0.2) is 0 Å². The molecule has 0 radical (unpaired) electrons. The molecule has 1 fully saturated rings. The van der Waals surface area contributed by atoms with Gasteiger partial charge >= 0.3 is 0 Å². The van der Waals surface area contributed by atoms with Crippen LogP contribution < -0.4 is 0 Å². The maximum atomic E-state index is 9.82. The monoisotopic (exact) mass is 581 g/mol. The minimum atomic E-state index is -0.593. The van der Waals surface area contributed by atoms with Gasteiger partial charge in [-0.3, -0.25) is 9.80 Å². The lowest BCUT2D eigenvalue weighted by atomic mass is 9.98. The van der Waals surface area contributed by atoms with Crippen LogP contribution >= 0.6 is 0 Å². The molecule has 1 heterocycles. The van der Waals surface area contributed by atoms with Crippen LogP contribution in [-0.2, 0) is 0 Å². The third-order valence-electron chi connectivity index (χ3n) is 9.63. The number of unbranched alkanes of at least 4 members (excludes halogenated alkanes) is 23. The number of β-amino-alcohol motifs (C(OH)–C–C–N with tert-alkyl or cyclic N) is 1. The van der Waals surface area contributed by atoms with E-state index in [9.17, 15) is 10.2 Å². The highest BCUT2D eigenvalue weighted by molar-refractivity contribution is 4.80. The molecule has 4 heteroatoms. The van der Waals surface area contributed by atoms with Crippen molar-refractivity contribution in [3.63, 3.8) is 0 Å². The Kier molecular flexibility index (Phi) is 28.3. The number of piperazine rings is 1. The molecule has 2 unspecified atom stereocenters. The van der Waals surface area contributed by atoms with E-state index in [0.29, 0.717) is 6.54 Å². The highest BCUT2D eigenvalue weighted by Gasteiger charge is 2.24. The number of aliphatic hydroxyl groups excluding tert-OH is 2. The van der Waals surface area contributed by atoms with E-state index in [1.165, 1.54) is 173 Å². The standard InChI is InChI=1S/C37H76N2O2/c1-3-5-7-9-11-12-13-14-15-16-17-18-19-20-21-23-25-27-29-36(28-26-24-22-10-8-6-4-2)39-32-30-38(31-33-39)34-37(41)35-40/h36-37,40-41H,3-35H2,1-2H3. The molecular weight excluding hydrogens is 504 g/mol. The van der Waals surface area contributed by atoms with E-state index in [4.69, 9.17) is 0 Å². The molecule has 0 amide bonds. The first-order valence-corrected chi connectivity index (χ1v) is 19.0. The van der Waals surface area contributed by atoms with E-state index >= 15 is 0 Å². The van der Waals surface area contributed by atoms with Crippen LogP contribution in [0.5, 0.6) is 0 Å². The van der Waals surface area contributed by atoms with Crippen LogP contribution in [0, 0.1) is 0 Å². The first-order valence-electron chi connectivity index (χ1n) is 19.0. The lowest BCUT2D eigenvalue weighted by Gasteiger charge is -2.40. The van der Waals surface area contributed by atoms with Crippen molar-refractivity contribution < 1.29 is 10.2 Å². The van der Waals surface area contributed by atoms with Crippen LogP contribution in [-0.4, -0.2) is 71.5 Å². The van der Waals surface area contributed by atoms with Gasteiger partial charge in [-0.2, -0.15) is 0 Å². The van der Waals surface area contributed by atoms with E-state index in [2.05, 4.69) is 23.6 Å². The van der Waals surface area contributed by atoms with E-state index < -0.39 is 6.10 Å². The molecule has 246 valence electrons. The fraction of sp³-hybridized carbons (Fsp3) is 1.00. The van der Waals surface area contributed by atoms with Gasteiger partial charge in [0.05, 0.1) is 12.7 Å². The molecular formula is C37H76N2O2. The largest absolute Gasteiger partial charge is 0.394 e. The molecule has 0 aromatic rings. The summed E-state index contributed by atoms with van der Waals surface area (Å²) in [7, 11) is 0. The van der Waals surface area contributed by atoms with E-state index in [-0.39, 0.29) is 6.61 Å². The summed E-state index contributed by atoms with van der Waals surface area (Å²) < 4.78 is 0. The molecule has 0 aromatic heterocycles. The summed E-state index contributed by atoms with van der Waals surface area (Å²) in [5.41, 5.74) is 0. The fourth-order valence-electron chi connectivity index (χ4n) is 6.80. The van der Waals surface area contributed by atoms with Crippen molar-refractivity contribution in [3.8, 4) is 0 Å². The maximum absolute atomic E-state index is 9.82. The minimum Gasteiger partial charge on any atom is -0.394 e. The van der Waals surface area contributed by atoms with Crippen molar-refractivity contribution >= 4 is 0 Å². The zero-order valence-corrected chi connectivity index (χ0v) is 28.3. The summed E-state index contributed by atoms with van der Waals surface area (Å²) in [6.07, 6.45) is 37.9. The predicted octanol–water partition coefficient (Wildman–Crippen LogP) is 9.90. The Morgan fingerprint density at radius 3 is 1.10 bits per heavy atom. The van der Waals surface area contributed by atoms with Gasteiger partial charge in [0, 0.05) is 38.8 Å². The van der Waals surface area contributed by atoms with Crippen LogP contribution in [0.25, 0.3) is 0 Å². The van der Waals surface area contributed by atoms with Crippen molar-refractivity contribution in [1.82, 2.24) is 9.80 Å². The maximum Gasteiger partial charge on any atom is 0.0897 e. The summed E-state index contributed by atoms with van der Waals surface area (Å²) in [5.74, 6) is 0. The van der Waals surface area contributed by atoms with Gasteiger partial charge in [-0.1, -0.05) is 174 Å². The van der Waals surface area contributed by atoms with Gasteiger partial charge in [0.2, 0.25) is 0 Å². The van der Waals surface area contributed by atoms with Gasteiger partial charge in [-0.15, -0.1) is 0 Å². The Morgan fingerprint density at radius 1 is 0.463 bits per heavy atom. The molecule has 0 aromatic carbocycles. The first kappa shape index (κ1) is 38.9. The van der Waals surface area contributed by atoms with Crippen molar-refractivity contribution in [2.24, 2.45) is 0 Å². The highest BCUT2D eigenvalue weighted by Crippen LogP contribution is 2.21. The molecule has 0 aliphatic carbocycles. The normalized spacial score (nSPS) is 16.4.